The van der Waals surface area contributed by atoms with Crippen LogP contribution in [-0.4, -0.2) is 66.8 Å². The minimum Gasteiger partial charge on any atom is -0.481 e. The maximum atomic E-state index is 12.4. The first-order valence-corrected chi connectivity index (χ1v) is 7.35. The number of piperidine rings is 1. The number of rotatable bonds is 4. The Hall–Kier alpha value is -1.30. The number of methoxy groups -OCH3 is 1. The molecule has 2 rings (SSSR count). The highest BCUT2D eigenvalue weighted by Gasteiger charge is 2.44. The van der Waals surface area contributed by atoms with Crippen LogP contribution in [0.3, 0.4) is 0 Å². The molecular formula is C14H24N2O4. The summed E-state index contributed by atoms with van der Waals surface area (Å²) in [6.45, 7) is 2.98. The van der Waals surface area contributed by atoms with Crippen LogP contribution in [0.1, 0.15) is 32.1 Å². The number of hydrogen-bond acceptors (Lipinski definition) is 3. The van der Waals surface area contributed by atoms with Gasteiger partial charge in [0, 0.05) is 39.9 Å². The van der Waals surface area contributed by atoms with Crippen molar-refractivity contribution in [2.45, 2.75) is 32.1 Å². The number of hydrogen-bond donors (Lipinski definition) is 1. The standard InChI is InChI=1S/C14H24N2O4/c1-20-10-6-14(12(17)18)5-4-9-16(11-14)13(19)15-7-2-3-8-15/h2-11H2,1H3,(H,17,18)/t14-/m1/s1. The molecule has 2 amide bonds. The van der Waals surface area contributed by atoms with Gasteiger partial charge >= 0.3 is 12.0 Å². The molecule has 20 heavy (non-hydrogen) atoms. The molecule has 6 nitrogen and oxygen atoms in total. The number of amides is 2. The average Bonchev–Trinajstić information content (AvgIpc) is 2.98. The molecule has 114 valence electrons. The Balaban J connectivity index is 2.04. The zero-order valence-corrected chi connectivity index (χ0v) is 12.1. The average molecular weight is 284 g/mol. The topological polar surface area (TPSA) is 70.1 Å². The van der Waals surface area contributed by atoms with E-state index in [1.54, 1.807) is 12.0 Å². The molecule has 0 aromatic carbocycles. The summed E-state index contributed by atoms with van der Waals surface area (Å²) in [5.74, 6) is -0.812. The Kier molecular flexibility index (Phi) is 4.86. The van der Waals surface area contributed by atoms with Crippen LogP contribution in [0.2, 0.25) is 0 Å². The van der Waals surface area contributed by atoms with Crippen LogP contribution in [-0.2, 0) is 9.53 Å². The van der Waals surface area contributed by atoms with Gasteiger partial charge in [-0.3, -0.25) is 4.79 Å². The molecule has 0 aromatic rings. The van der Waals surface area contributed by atoms with E-state index in [1.807, 2.05) is 4.90 Å². The van der Waals surface area contributed by atoms with E-state index in [0.29, 0.717) is 32.5 Å². The molecule has 2 fully saturated rings. The zero-order chi connectivity index (χ0) is 14.6. The summed E-state index contributed by atoms with van der Waals surface area (Å²) in [4.78, 5) is 27.6. The fourth-order valence-corrected chi connectivity index (χ4v) is 3.19. The second kappa shape index (κ2) is 6.43. The first-order valence-electron chi connectivity index (χ1n) is 7.35. The van der Waals surface area contributed by atoms with Crippen molar-refractivity contribution in [2.75, 3.05) is 39.9 Å². The predicted molar refractivity (Wildman–Crippen MR) is 73.6 cm³/mol. The summed E-state index contributed by atoms with van der Waals surface area (Å²) >= 11 is 0. The van der Waals surface area contributed by atoms with Gasteiger partial charge in [-0.1, -0.05) is 0 Å². The maximum Gasteiger partial charge on any atom is 0.320 e. The Bertz CT molecular complexity index is 368. The fourth-order valence-electron chi connectivity index (χ4n) is 3.19. The number of nitrogens with zero attached hydrogens (tertiary/aromatic N) is 2. The lowest BCUT2D eigenvalue weighted by Gasteiger charge is -2.41. The fraction of sp³-hybridized carbons (Fsp3) is 0.857. The molecule has 2 aliphatic heterocycles. The minimum absolute atomic E-state index is 0.00485. The van der Waals surface area contributed by atoms with Crippen LogP contribution in [0.5, 0.6) is 0 Å². The number of aliphatic carboxylic acids is 1. The summed E-state index contributed by atoms with van der Waals surface area (Å²) in [6.07, 6.45) is 3.92. The molecule has 6 heteroatoms. The number of ether oxygens (including phenoxy) is 1. The van der Waals surface area contributed by atoms with Crippen molar-refractivity contribution in [3.63, 3.8) is 0 Å². The first-order chi connectivity index (χ1) is 9.59. The van der Waals surface area contributed by atoms with E-state index in [-0.39, 0.29) is 6.03 Å². The molecule has 0 unspecified atom stereocenters. The highest BCUT2D eigenvalue weighted by Crippen LogP contribution is 2.34. The molecule has 0 bridgehead atoms. The highest BCUT2D eigenvalue weighted by molar-refractivity contribution is 5.79. The lowest BCUT2D eigenvalue weighted by atomic mass is 9.77. The lowest BCUT2D eigenvalue weighted by Crippen LogP contribution is -2.53. The zero-order valence-electron chi connectivity index (χ0n) is 12.1. The molecule has 0 spiro atoms. The van der Waals surface area contributed by atoms with E-state index in [2.05, 4.69) is 0 Å². The van der Waals surface area contributed by atoms with Crippen molar-refractivity contribution in [3.8, 4) is 0 Å². The number of carboxylic acids is 1. The molecule has 0 aromatic heterocycles. The van der Waals surface area contributed by atoms with E-state index < -0.39 is 11.4 Å². The molecule has 1 N–H and O–H groups in total. The molecule has 0 saturated carbocycles. The van der Waals surface area contributed by atoms with Gasteiger partial charge in [0.2, 0.25) is 0 Å². The van der Waals surface area contributed by atoms with Crippen LogP contribution >= 0.6 is 0 Å². The monoisotopic (exact) mass is 284 g/mol. The highest BCUT2D eigenvalue weighted by atomic mass is 16.5. The van der Waals surface area contributed by atoms with Crippen molar-refractivity contribution in [2.24, 2.45) is 5.41 Å². The summed E-state index contributed by atoms with van der Waals surface area (Å²) in [5.41, 5.74) is -0.844. The first kappa shape index (κ1) is 15.1. The van der Waals surface area contributed by atoms with Crippen LogP contribution in [0.4, 0.5) is 4.79 Å². The van der Waals surface area contributed by atoms with E-state index >= 15 is 0 Å². The van der Waals surface area contributed by atoms with Gasteiger partial charge in [0.05, 0.1) is 5.41 Å². The number of carbonyl (C=O) groups is 2. The summed E-state index contributed by atoms with van der Waals surface area (Å²) in [7, 11) is 1.57. The van der Waals surface area contributed by atoms with Gasteiger partial charge < -0.3 is 19.6 Å². The third kappa shape index (κ3) is 3.06. The maximum absolute atomic E-state index is 12.4. The quantitative estimate of drug-likeness (QED) is 0.847. The third-order valence-corrected chi connectivity index (χ3v) is 4.46. The Morgan fingerprint density at radius 3 is 2.40 bits per heavy atom. The Morgan fingerprint density at radius 1 is 1.15 bits per heavy atom. The predicted octanol–water partition coefficient (Wildman–Crippen LogP) is 1.41. The molecule has 0 aliphatic carbocycles. The molecule has 2 saturated heterocycles. The van der Waals surface area contributed by atoms with E-state index in [9.17, 15) is 14.7 Å². The van der Waals surface area contributed by atoms with Crippen molar-refractivity contribution in [1.29, 1.82) is 0 Å². The number of likely N-dealkylation sites (tertiary alicyclic amines) is 2. The Morgan fingerprint density at radius 2 is 1.80 bits per heavy atom. The minimum atomic E-state index is -0.844. The smallest absolute Gasteiger partial charge is 0.320 e. The summed E-state index contributed by atoms with van der Waals surface area (Å²) < 4.78 is 5.04. The van der Waals surface area contributed by atoms with Crippen molar-refractivity contribution in [1.82, 2.24) is 9.80 Å². The number of urea groups is 1. The molecule has 0 radical (unpaired) electrons. The third-order valence-electron chi connectivity index (χ3n) is 4.46. The van der Waals surface area contributed by atoms with Gasteiger partial charge in [-0.2, -0.15) is 0 Å². The molecular weight excluding hydrogens is 260 g/mol. The number of carbonyl (C=O) groups excluding carboxylic acids is 1. The SMILES string of the molecule is COCC[C@]1(C(=O)O)CCCN(C(=O)N2CCCC2)C1. The van der Waals surface area contributed by atoms with Crippen molar-refractivity contribution < 1.29 is 19.4 Å². The van der Waals surface area contributed by atoms with Crippen LogP contribution < -0.4 is 0 Å². The second-order valence-corrected chi connectivity index (χ2v) is 5.83. The van der Waals surface area contributed by atoms with Gasteiger partial charge in [0.15, 0.2) is 0 Å². The normalized spacial score (nSPS) is 26.9. The van der Waals surface area contributed by atoms with Crippen LogP contribution in [0.15, 0.2) is 0 Å². The van der Waals surface area contributed by atoms with E-state index in [1.165, 1.54) is 0 Å². The van der Waals surface area contributed by atoms with Gasteiger partial charge in [-0.15, -0.1) is 0 Å². The Labute approximate surface area is 119 Å². The second-order valence-electron chi connectivity index (χ2n) is 5.83. The van der Waals surface area contributed by atoms with E-state index in [0.717, 1.165) is 32.4 Å². The van der Waals surface area contributed by atoms with Gasteiger partial charge in [-0.25, -0.2) is 4.79 Å². The van der Waals surface area contributed by atoms with E-state index in [4.69, 9.17) is 4.74 Å². The van der Waals surface area contributed by atoms with Crippen molar-refractivity contribution in [3.05, 3.63) is 0 Å². The van der Waals surface area contributed by atoms with Crippen LogP contribution in [0.25, 0.3) is 0 Å². The molecule has 1 atom stereocenters. The van der Waals surface area contributed by atoms with Crippen LogP contribution in [0, 0.1) is 5.41 Å². The van der Waals surface area contributed by atoms with Gasteiger partial charge in [0.25, 0.3) is 0 Å². The number of carboxylic acid groups (broad SMARTS) is 1. The van der Waals surface area contributed by atoms with Crippen molar-refractivity contribution >= 4 is 12.0 Å². The lowest BCUT2D eigenvalue weighted by molar-refractivity contribution is -0.153. The van der Waals surface area contributed by atoms with Gasteiger partial charge in [-0.05, 0) is 32.1 Å². The van der Waals surface area contributed by atoms with Gasteiger partial charge in [0.1, 0.15) is 0 Å². The molecule has 2 aliphatic rings. The molecule has 2 heterocycles. The summed E-state index contributed by atoms with van der Waals surface area (Å²) in [6, 6.07) is 0.00485. The largest absolute Gasteiger partial charge is 0.481 e. The summed E-state index contributed by atoms with van der Waals surface area (Å²) in [5, 5.41) is 9.57.